The number of imidazole rings is 1. The van der Waals surface area contributed by atoms with E-state index < -0.39 is 11.6 Å². The predicted octanol–water partition coefficient (Wildman–Crippen LogP) is 4.63. The van der Waals surface area contributed by atoms with E-state index in [1.165, 1.54) is 36.1 Å². The molecular formula is C33H44F2N6O. The first kappa shape index (κ1) is 28.2. The monoisotopic (exact) mass is 578 g/mol. The van der Waals surface area contributed by atoms with Crippen molar-refractivity contribution < 1.29 is 13.5 Å². The lowest BCUT2D eigenvalue weighted by Crippen LogP contribution is -2.46. The van der Waals surface area contributed by atoms with Gasteiger partial charge in [0.25, 0.3) is 0 Å². The maximum atomic E-state index is 14.0. The van der Waals surface area contributed by atoms with E-state index in [0.717, 1.165) is 97.3 Å². The van der Waals surface area contributed by atoms with Crippen molar-refractivity contribution in [2.75, 3.05) is 77.5 Å². The highest BCUT2D eigenvalue weighted by molar-refractivity contribution is 5.78. The highest BCUT2D eigenvalue weighted by Gasteiger charge is 2.58. The number of hydrogen-bond acceptors (Lipinski definition) is 6. The van der Waals surface area contributed by atoms with Crippen LogP contribution in [0.3, 0.4) is 0 Å². The Morgan fingerprint density at radius 1 is 1.02 bits per heavy atom. The summed E-state index contributed by atoms with van der Waals surface area (Å²) in [6.45, 7) is 11.1. The molecule has 42 heavy (non-hydrogen) atoms. The number of anilines is 1. The van der Waals surface area contributed by atoms with Crippen LogP contribution in [0.2, 0.25) is 0 Å². The minimum Gasteiger partial charge on any atom is -0.379 e. The molecule has 226 valence electrons. The molecule has 1 aromatic heterocycles. The van der Waals surface area contributed by atoms with Crippen LogP contribution < -0.4 is 4.90 Å². The van der Waals surface area contributed by atoms with Crippen molar-refractivity contribution in [2.45, 2.75) is 50.1 Å². The van der Waals surface area contributed by atoms with Gasteiger partial charge in [-0.25, -0.2) is 13.8 Å². The number of aromatic nitrogens is 2. The summed E-state index contributed by atoms with van der Waals surface area (Å²) >= 11 is 0. The number of aromatic amines is 1. The molecule has 0 spiro atoms. The second-order valence-electron chi connectivity index (χ2n) is 13.1. The lowest BCUT2D eigenvalue weighted by atomic mass is 9.80. The SMILES string of the molecule is CN1CCN(CCCN(c2nc3cc(F)c(F)cc3[nH]2)[C@@H]2CCC3(c4cccc(CN5CCOCC5)c4)CC3C2)CC1. The van der Waals surface area contributed by atoms with Gasteiger partial charge in [0.15, 0.2) is 11.6 Å². The van der Waals surface area contributed by atoms with Gasteiger partial charge in [-0.05, 0) is 68.2 Å². The smallest absolute Gasteiger partial charge is 0.204 e. The van der Waals surface area contributed by atoms with Crippen molar-refractivity contribution in [3.8, 4) is 0 Å². The average molecular weight is 579 g/mol. The number of benzene rings is 2. The fourth-order valence-corrected chi connectivity index (χ4v) is 7.77. The summed E-state index contributed by atoms with van der Waals surface area (Å²) in [5, 5.41) is 0. The Morgan fingerprint density at radius 3 is 2.64 bits per heavy atom. The number of halogens is 2. The van der Waals surface area contributed by atoms with Crippen LogP contribution in [0, 0.1) is 17.6 Å². The van der Waals surface area contributed by atoms with Crippen LogP contribution in [0.25, 0.3) is 11.0 Å². The highest BCUT2D eigenvalue weighted by Crippen LogP contribution is 2.63. The van der Waals surface area contributed by atoms with Gasteiger partial charge in [0.05, 0.1) is 24.2 Å². The quantitative estimate of drug-likeness (QED) is 0.400. The van der Waals surface area contributed by atoms with Crippen molar-refractivity contribution >= 4 is 17.0 Å². The van der Waals surface area contributed by atoms with E-state index in [4.69, 9.17) is 9.72 Å². The standard InChI is InChI=1S/C33H44F2N6O/c1-38-10-12-39(13-11-38)8-3-9-41(32-36-30-20-28(34)29(35)21-31(30)37-32)27-6-7-33(22-26(33)19-27)25-5-2-4-24(18-25)23-40-14-16-42-17-15-40/h2,4-5,18,20-21,26-27H,3,6-17,19,22-23H2,1H3,(H,36,37)/t26?,27-,33?/m1/s1. The maximum Gasteiger partial charge on any atom is 0.204 e. The molecule has 2 saturated heterocycles. The van der Waals surface area contributed by atoms with Crippen molar-refractivity contribution in [3.05, 3.63) is 59.2 Å². The number of nitrogens with zero attached hydrogens (tertiary/aromatic N) is 5. The minimum atomic E-state index is -0.849. The fraction of sp³-hybridized carbons (Fsp3) is 0.606. The molecule has 3 aromatic rings. The van der Waals surface area contributed by atoms with Crippen molar-refractivity contribution in [2.24, 2.45) is 5.92 Å². The van der Waals surface area contributed by atoms with E-state index in [0.29, 0.717) is 28.4 Å². The molecule has 7 rings (SSSR count). The number of morpholine rings is 1. The van der Waals surface area contributed by atoms with Crippen LogP contribution in [-0.4, -0.2) is 103 Å². The number of piperazine rings is 1. The summed E-state index contributed by atoms with van der Waals surface area (Å²) in [4.78, 5) is 18.0. The maximum absolute atomic E-state index is 14.0. The molecule has 9 heteroatoms. The van der Waals surface area contributed by atoms with E-state index in [1.54, 1.807) is 0 Å². The number of fused-ring (bicyclic) bond motifs is 2. The molecule has 0 radical (unpaired) electrons. The second kappa shape index (κ2) is 11.8. The Labute approximate surface area is 247 Å². The largest absolute Gasteiger partial charge is 0.379 e. The topological polar surface area (TPSA) is 50.9 Å². The number of likely N-dealkylation sites (N-methyl/N-ethyl adjacent to an activating group) is 1. The average Bonchev–Trinajstić information content (AvgIpc) is 3.62. The zero-order valence-electron chi connectivity index (χ0n) is 24.8. The third-order valence-electron chi connectivity index (χ3n) is 10.4. The van der Waals surface area contributed by atoms with E-state index >= 15 is 0 Å². The van der Waals surface area contributed by atoms with E-state index in [-0.39, 0.29) is 0 Å². The summed E-state index contributed by atoms with van der Waals surface area (Å²) in [6.07, 6.45) is 5.68. The summed E-state index contributed by atoms with van der Waals surface area (Å²) in [6, 6.07) is 12.1. The molecule has 7 nitrogen and oxygen atoms in total. The Morgan fingerprint density at radius 2 is 1.83 bits per heavy atom. The number of nitrogens with one attached hydrogen (secondary N) is 1. The molecular weight excluding hydrogens is 534 g/mol. The number of rotatable bonds is 9. The first-order valence-electron chi connectivity index (χ1n) is 15.9. The molecule has 2 aromatic carbocycles. The zero-order chi connectivity index (χ0) is 28.7. The van der Waals surface area contributed by atoms with Gasteiger partial charge < -0.3 is 24.4 Å². The molecule has 0 bridgehead atoms. The summed E-state index contributed by atoms with van der Waals surface area (Å²) in [5.74, 6) is -0.276. The summed E-state index contributed by atoms with van der Waals surface area (Å²) in [7, 11) is 2.19. The van der Waals surface area contributed by atoms with Gasteiger partial charge >= 0.3 is 0 Å². The molecule has 2 aliphatic heterocycles. The zero-order valence-corrected chi connectivity index (χ0v) is 24.8. The summed E-state index contributed by atoms with van der Waals surface area (Å²) < 4.78 is 33.6. The van der Waals surface area contributed by atoms with Crippen LogP contribution in [-0.2, 0) is 16.7 Å². The minimum absolute atomic E-state index is 0.295. The van der Waals surface area contributed by atoms with Crippen molar-refractivity contribution in [1.82, 2.24) is 24.7 Å². The Bertz CT molecular complexity index is 1350. The third-order valence-corrected chi connectivity index (χ3v) is 10.4. The molecule has 2 unspecified atom stereocenters. The molecule has 1 N–H and O–H groups in total. The van der Waals surface area contributed by atoms with Crippen LogP contribution in [0.4, 0.5) is 14.7 Å². The van der Waals surface area contributed by atoms with E-state index in [2.05, 4.69) is 55.9 Å². The van der Waals surface area contributed by atoms with Crippen LogP contribution in [0.15, 0.2) is 36.4 Å². The fourth-order valence-electron chi connectivity index (χ4n) is 7.77. The van der Waals surface area contributed by atoms with Crippen molar-refractivity contribution in [3.63, 3.8) is 0 Å². The van der Waals surface area contributed by atoms with Crippen LogP contribution >= 0.6 is 0 Å². The third kappa shape index (κ3) is 5.81. The first-order chi connectivity index (χ1) is 20.5. The normalized spacial score (nSPS) is 27.3. The van der Waals surface area contributed by atoms with Gasteiger partial charge in [0.1, 0.15) is 0 Å². The molecule has 3 atom stereocenters. The van der Waals surface area contributed by atoms with E-state index in [9.17, 15) is 8.78 Å². The molecule has 2 saturated carbocycles. The van der Waals surface area contributed by atoms with Gasteiger partial charge in [0.2, 0.25) is 5.95 Å². The van der Waals surface area contributed by atoms with Gasteiger partial charge in [-0.2, -0.15) is 0 Å². The second-order valence-corrected chi connectivity index (χ2v) is 13.1. The summed E-state index contributed by atoms with van der Waals surface area (Å²) in [5.41, 5.74) is 4.25. The predicted molar refractivity (Wildman–Crippen MR) is 162 cm³/mol. The highest BCUT2D eigenvalue weighted by atomic mass is 19.2. The number of hydrogen-bond donors (Lipinski definition) is 1. The Hall–Kier alpha value is -2.59. The van der Waals surface area contributed by atoms with Crippen molar-refractivity contribution in [1.29, 1.82) is 0 Å². The van der Waals surface area contributed by atoms with Crippen LogP contribution in [0.1, 0.15) is 43.2 Å². The lowest BCUT2D eigenvalue weighted by Gasteiger charge is -2.38. The van der Waals surface area contributed by atoms with Crippen LogP contribution in [0.5, 0.6) is 0 Å². The van der Waals surface area contributed by atoms with Gasteiger partial charge in [-0.15, -0.1) is 0 Å². The molecule has 4 aliphatic rings. The van der Waals surface area contributed by atoms with Gasteiger partial charge in [-0.1, -0.05) is 24.3 Å². The Balaban J connectivity index is 1.06. The molecule has 4 fully saturated rings. The number of H-pyrrole nitrogens is 1. The van der Waals surface area contributed by atoms with E-state index in [1.807, 2.05) is 0 Å². The molecule has 0 amide bonds. The lowest BCUT2D eigenvalue weighted by molar-refractivity contribution is 0.0342. The Kier molecular flexibility index (Phi) is 7.94. The van der Waals surface area contributed by atoms with Gasteiger partial charge in [-0.3, -0.25) is 4.90 Å². The molecule has 3 heterocycles. The number of ether oxygens (including phenoxy) is 1. The molecule has 2 aliphatic carbocycles. The van der Waals surface area contributed by atoms with Gasteiger partial charge in [0, 0.05) is 70.5 Å². The first-order valence-corrected chi connectivity index (χ1v) is 15.9.